The number of hydrogen-bond donors (Lipinski definition) is 2. The summed E-state index contributed by atoms with van der Waals surface area (Å²) in [6.07, 6.45) is 7.15. The fraction of sp³-hybridized carbons (Fsp3) is 0.294. The number of carbonyl (C=O) groups excluding carboxylic acids is 1. The molecule has 3 aromatic heterocycles. The van der Waals surface area contributed by atoms with Crippen LogP contribution in [-0.4, -0.2) is 44.4 Å². The molecule has 3 aromatic rings. The number of amides is 1. The van der Waals surface area contributed by atoms with Gasteiger partial charge in [-0.15, -0.1) is 0 Å². The van der Waals surface area contributed by atoms with E-state index in [1.807, 2.05) is 4.90 Å². The number of rotatable bonds is 3. The molecule has 1 fully saturated rings. The van der Waals surface area contributed by atoms with Crippen molar-refractivity contribution in [2.24, 2.45) is 5.73 Å². The van der Waals surface area contributed by atoms with E-state index in [1.54, 1.807) is 25.5 Å². The number of carbonyl (C=O) groups is 1. The van der Waals surface area contributed by atoms with Crippen LogP contribution in [0.15, 0.2) is 30.9 Å². The quantitative estimate of drug-likeness (QED) is 0.736. The number of imidazole rings is 1. The second-order valence-electron chi connectivity index (χ2n) is 6.40. The first-order chi connectivity index (χ1) is 12.5. The Morgan fingerprint density at radius 3 is 2.88 bits per heavy atom. The summed E-state index contributed by atoms with van der Waals surface area (Å²) in [5.41, 5.74) is 7.26. The molecule has 4 heterocycles. The van der Waals surface area contributed by atoms with Gasteiger partial charge in [-0.3, -0.25) is 4.79 Å². The number of nitrogens with one attached hydrogen (secondary N) is 1. The predicted octanol–water partition coefficient (Wildman–Crippen LogP) is 1.36. The molecule has 0 bridgehead atoms. The minimum atomic E-state index is -0.511. The summed E-state index contributed by atoms with van der Waals surface area (Å²) in [7, 11) is 0. The molecule has 1 unspecified atom stereocenters. The fourth-order valence-electron chi connectivity index (χ4n) is 3.04. The second kappa shape index (κ2) is 6.34. The molecule has 0 radical (unpaired) electrons. The van der Waals surface area contributed by atoms with Crippen LogP contribution in [0.1, 0.15) is 22.6 Å². The van der Waals surface area contributed by atoms with Crippen molar-refractivity contribution in [3.63, 3.8) is 0 Å². The van der Waals surface area contributed by atoms with Crippen LogP contribution < -0.4 is 16.0 Å². The minimum absolute atomic E-state index is 0.136. The smallest absolute Gasteiger partial charge is 0.275 e. The van der Waals surface area contributed by atoms with Crippen molar-refractivity contribution in [1.29, 1.82) is 0 Å². The van der Waals surface area contributed by atoms with Gasteiger partial charge in [0.2, 0.25) is 0 Å². The molecule has 8 nitrogen and oxygen atoms in total. The molecule has 0 saturated carbocycles. The van der Waals surface area contributed by atoms with Crippen LogP contribution in [0.5, 0.6) is 0 Å². The standard InChI is InChI=1S/C17H18FN7O/c1-10-7-25-9-12(4-13(18)16(25)22-10)23-17(26)14-5-21-15(6-20-14)24-3-2-11(19)8-24/h4-7,9,11H,2-3,8,19H2,1H3,(H,23,26). The van der Waals surface area contributed by atoms with Gasteiger partial charge in [-0.2, -0.15) is 0 Å². The van der Waals surface area contributed by atoms with Gasteiger partial charge in [0.15, 0.2) is 11.5 Å². The summed E-state index contributed by atoms with van der Waals surface area (Å²) in [6.45, 7) is 3.32. The summed E-state index contributed by atoms with van der Waals surface area (Å²) in [5, 5.41) is 2.63. The number of halogens is 1. The van der Waals surface area contributed by atoms with E-state index in [-0.39, 0.29) is 17.4 Å². The van der Waals surface area contributed by atoms with Crippen molar-refractivity contribution in [3.8, 4) is 0 Å². The third kappa shape index (κ3) is 3.08. The Morgan fingerprint density at radius 2 is 2.19 bits per heavy atom. The lowest BCUT2D eigenvalue weighted by Crippen LogP contribution is -2.27. The third-order valence-electron chi connectivity index (χ3n) is 4.30. The summed E-state index contributed by atoms with van der Waals surface area (Å²) in [4.78, 5) is 26.9. The number of aromatic nitrogens is 4. The first-order valence-electron chi connectivity index (χ1n) is 8.28. The molecule has 0 aliphatic carbocycles. The Balaban J connectivity index is 1.51. The van der Waals surface area contributed by atoms with Gasteiger partial charge in [0.05, 0.1) is 23.8 Å². The van der Waals surface area contributed by atoms with Gasteiger partial charge in [-0.1, -0.05) is 0 Å². The molecular weight excluding hydrogens is 337 g/mol. The molecule has 1 atom stereocenters. The fourth-order valence-corrected chi connectivity index (χ4v) is 3.04. The van der Waals surface area contributed by atoms with E-state index in [4.69, 9.17) is 5.73 Å². The van der Waals surface area contributed by atoms with Gasteiger partial charge in [0.1, 0.15) is 11.5 Å². The van der Waals surface area contributed by atoms with Gasteiger partial charge in [-0.05, 0) is 13.3 Å². The van der Waals surface area contributed by atoms with Crippen LogP contribution in [0.3, 0.4) is 0 Å². The summed E-state index contributed by atoms with van der Waals surface area (Å²) in [6, 6.07) is 1.36. The Morgan fingerprint density at radius 1 is 1.35 bits per heavy atom. The van der Waals surface area contributed by atoms with E-state index in [2.05, 4.69) is 20.3 Å². The normalized spacial score (nSPS) is 17.0. The maximum Gasteiger partial charge on any atom is 0.275 e. The molecule has 134 valence electrons. The molecule has 3 N–H and O–H groups in total. The molecular formula is C17H18FN7O. The third-order valence-corrected chi connectivity index (χ3v) is 4.30. The molecule has 4 rings (SSSR count). The molecule has 1 saturated heterocycles. The Hall–Kier alpha value is -3.07. The zero-order chi connectivity index (χ0) is 18.3. The lowest BCUT2D eigenvalue weighted by molar-refractivity contribution is 0.102. The Labute approximate surface area is 148 Å². The van der Waals surface area contributed by atoms with Crippen LogP contribution in [0, 0.1) is 12.7 Å². The van der Waals surface area contributed by atoms with Crippen LogP contribution in [0.25, 0.3) is 5.65 Å². The molecule has 1 amide bonds. The minimum Gasteiger partial charge on any atom is -0.354 e. The van der Waals surface area contributed by atoms with E-state index in [1.165, 1.54) is 16.7 Å². The maximum atomic E-state index is 14.1. The number of aryl methyl sites for hydroxylation is 1. The highest BCUT2D eigenvalue weighted by molar-refractivity contribution is 6.02. The first-order valence-corrected chi connectivity index (χ1v) is 8.28. The maximum absolute atomic E-state index is 14.1. The van der Waals surface area contributed by atoms with Gasteiger partial charge < -0.3 is 20.4 Å². The Bertz CT molecular complexity index is 969. The predicted molar refractivity (Wildman–Crippen MR) is 94.7 cm³/mol. The second-order valence-corrected chi connectivity index (χ2v) is 6.40. The number of nitrogens with zero attached hydrogens (tertiary/aromatic N) is 5. The zero-order valence-electron chi connectivity index (χ0n) is 14.2. The average molecular weight is 355 g/mol. The van der Waals surface area contributed by atoms with Gasteiger partial charge in [0.25, 0.3) is 5.91 Å². The van der Waals surface area contributed by atoms with Crippen LogP contribution in [-0.2, 0) is 0 Å². The molecule has 1 aliphatic heterocycles. The first kappa shape index (κ1) is 16.4. The lowest BCUT2D eigenvalue weighted by Gasteiger charge is -2.16. The number of anilines is 2. The molecule has 0 aromatic carbocycles. The highest BCUT2D eigenvalue weighted by Crippen LogP contribution is 2.18. The highest BCUT2D eigenvalue weighted by atomic mass is 19.1. The van der Waals surface area contributed by atoms with Crippen molar-refractivity contribution in [3.05, 3.63) is 48.1 Å². The van der Waals surface area contributed by atoms with Crippen molar-refractivity contribution in [2.75, 3.05) is 23.3 Å². The number of fused-ring (bicyclic) bond motifs is 1. The van der Waals surface area contributed by atoms with Crippen molar-refractivity contribution in [1.82, 2.24) is 19.4 Å². The topological polar surface area (TPSA) is 101 Å². The summed E-state index contributed by atoms with van der Waals surface area (Å²) >= 11 is 0. The largest absolute Gasteiger partial charge is 0.354 e. The van der Waals surface area contributed by atoms with E-state index in [0.717, 1.165) is 19.5 Å². The SMILES string of the molecule is Cc1cn2cc(NC(=O)c3cnc(N4CCC(N)C4)cn3)cc(F)c2n1. The van der Waals surface area contributed by atoms with E-state index >= 15 is 0 Å². The lowest BCUT2D eigenvalue weighted by atomic mass is 10.3. The van der Waals surface area contributed by atoms with Crippen molar-refractivity contribution in [2.45, 2.75) is 19.4 Å². The van der Waals surface area contributed by atoms with E-state index in [0.29, 0.717) is 17.2 Å². The van der Waals surface area contributed by atoms with Crippen molar-refractivity contribution >= 4 is 23.1 Å². The van der Waals surface area contributed by atoms with Gasteiger partial charge in [-0.25, -0.2) is 19.3 Å². The molecule has 9 heteroatoms. The number of nitrogens with two attached hydrogens (primary N) is 1. The van der Waals surface area contributed by atoms with Gasteiger partial charge >= 0.3 is 0 Å². The summed E-state index contributed by atoms with van der Waals surface area (Å²) < 4.78 is 15.6. The molecule has 26 heavy (non-hydrogen) atoms. The highest BCUT2D eigenvalue weighted by Gasteiger charge is 2.21. The average Bonchev–Trinajstić information content (AvgIpc) is 3.20. The zero-order valence-corrected chi connectivity index (χ0v) is 14.2. The van der Waals surface area contributed by atoms with E-state index < -0.39 is 11.7 Å². The number of pyridine rings is 1. The van der Waals surface area contributed by atoms with Crippen molar-refractivity contribution < 1.29 is 9.18 Å². The number of hydrogen-bond acceptors (Lipinski definition) is 6. The van der Waals surface area contributed by atoms with Crippen LogP contribution in [0.4, 0.5) is 15.9 Å². The monoisotopic (exact) mass is 355 g/mol. The van der Waals surface area contributed by atoms with Crippen LogP contribution >= 0.6 is 0 Å². The molecule has 0 spiro atoms. The summed E-state index contributed by atoms with van der Waals surface area (Å²) in [5.74, 6) is -0.281. The Kier molecular flexibility index (Phi) is 4.00. The molecule has 1 aliphatic rings. The van der Waals surface area contributed by atoms with Gasteiger partial charge in [0, 0.05) is 37.6 Å². The van der Waals surface area contributed by atoms with Crippen LogP contribution in [0.2, 0.25) is 0 Å². The van der Waals surface area contributed by atoms with E-state index in [9.17, 15) is 9.18 Å².